The van der Waals surface area contributed by atoms with Gasteiger partial charge in [-0.05, 0) is 63.1 Å². The van der Waals surface area contributed by atoms with E-state index in [0.29, 0.717) is 11.3 Å². The third-order valence-electron chi connectivity index (χ3n) is 7.57. The van der Waals surface area contributed by atoms with Crippen LogP contribution in [0.2, 0.25) is 0 Å². The van der Waals surface area contributed by atoms with Crippen molar-refractivity contribution in [2.75, 3.05) is 32.8 Å². The van der Waals surface area contributed by atoms with Crippen LogP contribution in [0, 0.1) is 25.2 Å². The van der Waals surface area contributed by atoms with Crippen LogP contribution in [0.25, 0.3) is 0 Å². The lowest BCUT2D eigenvalue weighted by Crippen LogP contribution is -2.44. The van der Waals surface area contributed by atoms with Crippen LogP contribution in [0.3, 0.4) is 0 Å². The van der Waals surface area contributed by atoms with Gasteiger partial charge in [0.2, 0.25) is 0 Å². The number of rotatable bonds is 6. The van der Waals surface area contributed by atoms with Crippen LogP contribution in [0.4, 0.5) is 0 Å². The van der Waals surface area contributed by atoms with Crippen molar-refractivity contribution >= 4 is 5.91 Å². The maximum Gasteiger partial charge on any atom is 0.255 e. The van der Waals surface area contributed by atoms with Gasteiger partial charge in [0.05, 0.1) is 12.2 Å². The first-order valence-electron chi connectivity index (χ1n) is 12.1. The van der Waals surface area contributed by atoms with Crippen molar-refractivity contribution in [2.45, 2.75) is 53.5 Å². The second-order valence-corrected chi connectivity index (χ2v) is 10.4. The summed E-state index contributed by atoms with van der Waals surface area (Å²) in [7, 11) is 2.03. The van der Waals surface area contributed by atoms with Crippen LogP contribution in [0.1, 0.15) is 60.4 Å². The Morgan fingerprint density at radius 2 is 1.78 bits per heavy atom. The molecule has 32 heavy (non-hydrogen) atoms. The Morgan fingerprint density at radius 1 is 1.09 bits per heavy atom. The second-order valence-electron chi connectivity index (χ2n) is 10.4. The number of ether oxygens (including phenoxy) is 1. The monoisotopic (exact) mass is 437 g/mol. The molecule has 4 rings (SSSR count). The lowest BCUT2D eigenvalue weighted by molar-refractivity contribution is 0.0587. The summed E-state index contributed by atoms with van der Waals surface area (Å²) >= 11 is 0. The fourth-order valence-electron chi connectivity index (χ4n) is 5.27. The minimum atomic E-state index is 0.201. The lowest BCUT2D eigenvalue weighted by atomic mass is 9.77. The molecule has 5 heteroatoms. The number of benzene rings is 1. The number of carbonyl (C=O) groups excluding carboxylic acids is 1. The van der Waals surface area contributed by atoms with E-state index in [1.165, 1.54) is 12.0 Å². The molecule has 0 radical (unpaired) electrons. The summed E-state index contributed by atoms with van der Waals surface area (Å²) in [6.07, 6.45) is 3.44. The van der Waals surface area contributed by atoms with Crippen molar-refractivity contribution in [1.29, 1.82) is 0 Å². The molecule has 2 fully saturated rings. The zero-order valence-electron chi connectivity index (χ0n) is 20.5. The largest absolute Gasteiger partial charge is 0.493 e. The van der Waals surface area contributed by atoms with Crippen LogP contribution in [-0.4, -0.2) is 53.1 Å². The summed E-state index contributed by atoms with van der Waals surface area (Å²) in [6, 6.07) is 10.5. The Hall–Kier alpha value is -2.27. The van der Waals surface area contributed by atoms with E-state index < -0.39 is 0 Å². The fraction of sp³-hybridized carbons (Fsp3) is 0.593. The minimum Gasteiger partial charge on any atom is -0.493 e. The number of hydrogen-bond donors (Lipinski definition) is 0. The molecule has 1 amide bonds. The highest BCUT2D eigenvalue weighted by Crippen LogP contribution is 2.41. The molecule has 2 aliphatic heterocycles. The number of likely N-dealkylation sites (tertiary alicyclic amines) is 2. The van der Waals surface area contributed by atoms with E-state index in [4.69, 9.17) is 4.74 Å². The Morgan fingerprint density at radius 3 is 2.44 bits per heavy atom. The van der Waals surface area contributed by atoms with Crippen LogP contribution >= 0.6 is 0 Å². The molecule has 0 aliphatic carbocycles. The standard InChI is InChI=1S/C27H39N3O2/c1-20(2)18-32-25-9-7-6-8-23(25)17-29-13-10-27(19-29)11-14-30(15-12-27)26(31)24-16-21(3)28(5)22(24)4/h6-9,16,20H,10-15,17-19H2,1-5H3. The first-order chi connectivity index (χ1) is 15.3. The van der Waals surface area contributed by atoms with E-state index >= 15 is 0 Å². The summed E-state index contributed by atoms with van der Waals surface area (Å²) < 4.78 is 8.18. The maximum atomic E-state index is 13.1. The molecule has 0 atom stereocenters. The molecule has 0 N–H and O–H groups in total. The van der Waals surface area contributed by atoms with Gasteiger partial charge in [-0.1, -0.05) is 32.0 Å². The smallest absolute Gasteiger partial charge is 0.255 e. The third-order valence-corrected chi connectivity index (χ3v) is 7.57. The number of nitrogens with zero attached hydrogens (tertiary/aromatic N) is 3. The van der Waals surface area contributed by atoms with Crippen LogP contribution in [0.5, 0.6) is 5.75 Å². The molecular formula is C27H39N3O2. The van der Waals surface area contributed by atoms with Crippen LogP contribution < -0.4 is 4.74 Å². The number of aryl methyl sites for hydroxylation is 1. The van der Waals surface area contributed by atoms with Crippen molar-refractivity contribution in [1.82, 2.24) is 14.4 Å². The van der Waals surface area contributed by atoms with Gasteiger partial charge in [-0.2, -0.15) is 0 Å². The second kappa shape index (κ2) is 9.30. The molecule has 1 spiro atoms. The molecular weight excluding hydrogens is 398 g/mol. The van der Waals surface area contributed by atoms with Crippen molar-refractivity contribution in [3.05, 3.63) is 52.8 Å². The van der Waals surface area contributed by atoms with Gasteiger partial charge < -0.3 is 14.2 Å². The zero-order valence-corrected chi connectivity index (χ0v) is 20.5. The van der Waals surface area contributed by atoms with E-state index in [1.54, 1.807) is 0 Å². The van der Waals surface area contributed by atoms with E-state index in [2.05, 4.69) is 59.4 Å². The summed E-state index contributed by atoms with van der Waals surface area (Å²) in [5.41, 5.74) is 4.72. The van der Waals surface area contributed by atoms with E-state index in [0.717, 1.165) is 74.9 Å². The van der Waals surface area contributed by atoms with Gasteiger partial charge in [0.25, 0.3) is 5.91 Å². The summed E-state index contributed by atoms with van der Waals surface area (Å²) in [6.45, 7) is 14.2. The number of amides is 1. The van der Waals surface area contributed by atoms with Gasteiger partial charge in [-0.25, -0.2) is 0 Å². The summed E-state index contributed by atoms with van der Waals surface area (Å²) in [5.74, 6) is 1.75. The van der Waals surface area contributed by atoms with Crippen molar-refractivity contribution in [3.8, 4) is 5.75 Å². The molecule has 2 aromatic rings. The molecule has 174 valence electrons. The van der Waals surface area contributed by atoms with E-state index in [-0.39, 0.29) is 5.91 Å². The topological polar surface area (TPSA) is 37.7 Å². The highest BCUT2D eigenvalue weighted by molar-refractivity contribution is 5.95. The van der Waals surface area contributed by atoms with Crippen LogP contribution in [0.15, 0.2) is 30.3 Å². The molecule has 0 unspecified atom stereocenters. The molecule has 2 aliphatic rings. The Bertz CT molecular complexity index is 954. The normalized spacial score (nSPS) is 18.6. The molecule has 1 aromatic heterocycles. The molecule has 1 aromatic carbocycles. The van der Waals surface area contributed by atoms with E-state index in [9.17, 15) is 4.79 Å². The van der Waals surface area contributed by atoms with Crippen molar-refractivity contribution in [2.24, 2.45) is 18.4 Å². The Labute approximate surface area is 193 Å². The van der Waals surface area contributed by atoms with Gasteiger partial charge in [-0.3, -0.25) is 9.69 Å². The first kappa shape index (κ1) is 22.9. The van der Waals surface area contributed by atoms with Gasteiger partial charge in [0.1, 0.15) is 5.75 Å². The van der Waals surface area contributed by atoms with Gasteiger partial charge in [-0.15, -0.1) is 0 Å². The number of hydrogen-bond acceptors (Lipinski definition) is 3. The molecule has 0 saturated carbocycles. The van der Waals surface area contributed by atoms with Crippen molar-refractivity contribution < 1.29 is 9.53 Å². The third kappa shape index (κ3) is 4.73. The fourth-order valence-corrected chi connectivity index (χ4v) is 5.27. The molecule has 0 bridgehead atoms. The highest BCUT2D eigenvalue weighted by atomic mass is 16.5. The highest BCUT2D eigenvalue weighted by Gasteiger charge is 2.41. The number of piperidine rings is 1. The number of carbonyl (C=O) groups is 1. The molecule has 5 nitrogen and oxygen atoms in total. The van der Waals surface area contributed by atoms with Gasteiger partial charge in [0.15, 0.2) is 0 Å². The number of para-hydroxylation sites is 1. The first-order valence-corrected chi connectivity index (χ1v) is 12.1. The summed E-state index contributed by atoms with van der Waals surface area (Å²) in [4.78, 5) is 17.8. The van der Waals surface area contributed by atoms with E-state index in [1.807, 2.05) is 20.0 Å². The zero-order chi connectivity index (χ0) is 22.9. The van der Waals surface area contributed by atoms with Gasteiger partial charge >= 0.3 is 0 Å². The maximum absolute atomic E-state index is 13.1. The average Bonchev–Trinajstić information content (AvgIpc) is 3.28. The lowest BCUT2D eigenvalue weighted by Gasteiger charge is -2.39. The van der Waals surface area contributed by atoms with Crippen molar-refractivity contribution in [3.63, 3.8) is 0 Å². The van der Waals surface area contributed by atoms with Crippen LogP contribution in [-0.2, 0) is 13.6 Å². The Kier molecular flexibility index (Phi) is 6.66. The van der Waals surface area contributed by atoms with Gasteiger partial charge in [0, 0.05) is 50.2 Å². The predicted molar refractivity (Wildman–Crippen MR) is 129 cm³/mol. The SMILES string of the molecule is Cc1cc(C(=O)N2CCC3(CCN(Cc4ccccc4OCC(C)C)C3)CC2)c(C)n1C. The quantitative estimate of drug-likeness (QED) is 0.651. The Balaban J connectivity index is 1.34. The molecule has 3 heterocycles. The molecule has 2 saturated heterocycles. The summed E-state index contributed by atoms with van der Waals surface area (Å²) in [5, 5.41) is 0. The average molecular weight is 438 g/mol. The number of aromatic nitrogens is 1. The predicted octanol–water partition coefficient (Wildman–Crippen LogP) is 4.81. The minimum absolute atomic E-state index is 0.201.